The van der Waals surface area contributed by atoms with E-state index in [9.17, 15) is 9.59 Å². The van der Waals surface area contributed by atoms with Crippen LogP contribution in [0.25, 0.3) is 0 Å². The third-order valence-electron chi connectivity index (χ3n) is 9.43. The summed E-state index contributed by atoms with van der Waals surface area (Å²) in [6.45, 7) is 17.2. The minimum absolute atomic E-state index is 0.0778. The van der Waals surface area contributed by atoms with Gasteiger partial charge in [-0.2, -0.15) is 10.1 Å². The van der Waals surface area contributed by atoms with Gasteiger partial charge >= 0.3 is 11.9 Å². The molecule has 2 atom stereocenters. The summed E-state index contributed by atoms with van der Waals surface area (Å²) in [6.07, 6.45) is 8.05. The third-order valence-corrected chi connectivity index (χ3v) is 9.43. The lowest BCUT2D eigenvalue weighted by atomic mass is 9.80. The van der Waals surface area contributed by atoms with Crippen molar-refractivity contribution in [3.63, 3.8) is 0 Å². The lowest BCUT2D eigenvalue weighted by Gasteiger charge is -2.55. The maximum absolute atomic E-state index is 12.8. The molecule has 250 valence electrons. The third kappa shape index (κ3) is 7.91. The summed E-state index contributed by atoms with van der Waals surface area (Å²) in [6, 6.07) is 18.3. The molecule has 0 N–H and O–H groups in total. The van der Waals surface area contributed by atoms with Crippen molar-refractivity contribution < 1.29 is 28.7 Å². The standard InChI is InChI=1S/C38H52N2O6/c1-35(2)23-31(43-33(41)27-15-11-9-12-16-27)24-36(3,4)39(35)45-29-19-21-30(22-20-29)46-40-37(5,6)25-32(26-38(40,7)8)44-34(42)28-17-13-10-14-18-28/h9-19,21,29-32H,20,22-26H2,1-8H3. The first-order valence-electron chi connectivity index (χ1n) is 16.7. The van der Waals surface area contributed by atoms with Gasteiger partial charge in [-0.15, -0.1) is 0 Å². The number of carbonyl (C=O) groups is 2. The Hall–Kier alpha value is -3.04. The molecule has 8 nitrogen and oxygen atoms in total. The van der Waals surface area contributed by atoms with Crippen molar-refractivity contribution in [2.24, 2.45) is 0 Å². The molecule has 2 heterocycles. The lowest BCUT2D eigenvalue weighted by Crippen LogP contribution is -2.63. The summed E-state index contributed by atoms with van der Waals surface area (Å²) in [5.41, 5.74) is -0.216. The van der Waals surface area contributed by atoms with Crippen LogP contribution in [0.3, 0.4) is 0 Å². The van der Waals surface area contributed by atoms with Crippen LogP contribution in [0.2, 0.25) is 0 Å². The number of hydrogen-bond acceptors (Lipinski definition) is 8. The van der Waals surface area contributed by atoms with Crippen LogP contribution in [0, 0.1) is 0 Å². The summed E-state index contributed by atoms with van der Waals surface area (Å²) in [5, 5.41) is 4.24. The molecule has 8 heteroatoms. The van der Waals surface area contributed by atoms with E-state index in [1.807, 2.05) is 36.4 Å². The van der Waals surface area contributed by atoms with Gasteiger partial charge in [-0.3, -0.25) is 9.68 Å². The SMILES string of the molecule is CC1(C)CC(OC(=O)c2ccccc2)CC(C)(C)N1OC1C=CC(ON2C(C)(C)CC(OC(=O)c3ccccc3)CC2(C)C)CC1. The molecule has 2 saturated heterocycles. The highest BCUT2D eigenvalue weighted by Gasteiger charge is 2.50. The number of carbonyl (C=O) groups excluding carboxylic acids is 2. The highest BCUT2D eigenvalue weighted by Crippen LogP contribution is 2.43. The molecule has 2 fully saturated rings. The zero-order valence-electron chi connectivity index (χ0n) is 28.8. The number of benzene rings is 2. The van der Waals surface area contributed by atoms with Gasteiger partial charge in [0.1, 0.15) is 12.2 Å². The van der Waals surface area contributed by atoms with Crippen molar-refractivity contribution in [2.75, 3.05) is 0 Å². The van der Waals surface area contributed by atoms with E-state index in [0.717, 1.165) is 12.8 Å². The molecule has 0 bridgehead atoms. The molecule has 3 aliphatic rings. The van der Waals surface area contributed by atoms with E-state index in [2.05, 4.69) is 77.7 Å². The summed E-state index contributed by atoms with van der Waals surface area (Å²) >= 11 is 0. The normalized spacial score (nSPS) is 26.3. The first-order chi connectivity index (χ1) is 21.6. The molecular weight excluding hydrogens is 580 g/mol. The van der Waals surface area contributed by atoms with Crippen molar-refractivity contribution >= 4 is 11.9 Å². The second-order valence-corrected chi connectivity index (χ2v) is 15.7. The first kappa shape index (κ1) is 34.3. The Morgan fingerprint density at radius 1 is 0.543 bits per heavy atom. The fourth-order valence-corrected chi connectivity index (χ4v) is 7.88. The smallest absolute Gasteiger partial charge is 0.338 e. The van der Waals surface area contributed by atoms with Crippen LogP contribution in [0.5, 0.6) is 0 Å². The minimum atomic E-state index is -0.340. The van der Waals surface area contributed by atoms with Crippen molar-refractivity contribution in [3.05, 3.63) is 83.9 Å². The van der Waals surface area contributed by atoms with E-state index in [0.29, 0.717) is 36.8 Å². The summed E-state index contributed by atoms with van der Waals surface area (Å²) in [4.78, 5) is 39.0. The van der Waals surface area contributed by atoms with Crippen LogP contribution < -0.4 is 0 Å². The zero-order chi connectivity index (χ0) is 33.3. The minimum Gasteiger partial charge on any atom is -0.459 e. The van der Waals surface area contributed by atoms with Crippen LogP contribution in [0.15, 0.2) is 72.8 Å². The van der Waals surface area contributed by atoms with E-state index in [1.165, 1.54) is 0 Å². The number of hydrogen-bond donors (Lipinski definition) is 0. The molecule has 2 aromatic carbocycles. The van der Waals surface area contributed by atoms with Crippen molar-refractivity contribution in [2.45, 2.75) is 140 Å². The quantitative estimate of drug-likeness (QED) is 0.217. The van der Waals surface area contributed by atoms with E-state index < -0.39 is 0 Å². The fraction of sp³-hybridized carbons (Fsp3) is 0.579. The van der Waals surface area contributed by atoms with E-state index >= 15 is 0 Å². The number of hydroxylamine groups is 4. The second kappa shape index (κ2) is 13.2. The molecule has 0 radical (unpaired) electrons. The molecule has 2 unspecified atom stereocenters. The highest BCUT2D eigenvalue weighted by atomic mass is 16.7. The van der Waals surface area contributed by atoms with Gasteiger partial charge in [0.2, 0.25) is 0 Å². The molecule has 5 rings (SSSR count). The van der Waals surface area contributed by atoms with Gasteiger partial charge in [-0.1, -0.05) is 48.6 Å². The molecule has 2 aromatic rings. The molecule has 0 saturated carbocycles. The van der Waals surface area contributed by atoms with Gasteiger partial charge in [0.25, 0.3) is 0 Å². The Balaban J connectivity index is 1.17. The van der Waals surface area contributed by atoms with Gasteiger partial charge in [-0.25, -0.2) is 9.59 Å². The Bertz CT molecular complexity index is 1240. The highest BCUT2D eigenvalue weighted by molar-refractivity contribution is 5.89. The maximum Gasteiger partial charge on any atom is 0.338 e. The average Bonchev–Trinajstić information content (AvgIpc) is 2.97. The zero-order valence-corrected chi connectivity index (χ0v) is 28.8. The van der Waals surface area contributed by atoms with Crippen molar-refractivity contribution in [1.29, 1.82) is 0 Å². The largest absolute Gasteiger partial charge is 0.459 e. The van der Waals surface area contributed by atoms with Gasteiger partial charge in [0.15, 0.2) is 0 Å². The number of esters is 2. The fourth-order valence-electron chi connectivity index (χ4n) is 7.88. The number of nitrogens with zero attached hydrogens (tertiary/aromatic N) is 2. The lowest BCUT2D eigenvalue weighted by molar-refractivity contribution is -0.318. The monoisotopic (exact) mass is 632 g/mol. The summed E-state index contributed by atoms with van der Waals surface area (Å²) < 4.78 is 11.9. The van der Waals surface area contributed by atoms with E-state index in [1.54, 1.807) is 24.3 Å². The van der Waals surface area contributed by atoms with Crippen LogP contribution in [0.4, 0.5) is 0 Å². The topological polar surface area (TPSA) is 77.5 Å². The Labute approximate surface area is 274 Å². The van der Waals surface area contributed by atoms with Crippen LogP contribution >= 0.6 is 0 Å². The van der Waals surface area contributed by atoms with Crippen LogP contribution in [-0.2, 0) is 19.1 Å². The predicted molar refractivity (Wildman–Crippen MR) is 178 cm³/mol. The molecule has 2 aliphatic heterocycles. The van der Waals surface area contributed by atoms with Crippen molar-refractivity contribution in [3.8, 4) is 0 Å². The molecule has 0 aromatic heterocycles. The van der Waals surface area contributed by atoms with E-state index in [4.69, 9.17) is 19.1 Å². The molecular formula is C38H52N2O6. The van der Waals surface area contributed by atoms with Crippen molar-refractivity contribution in [1.82, 2.24) is 10.1 Å². The van der Waals surface area contributed by atoms with Gasteiger partial charge in [0.05, 0.1) is 23.3 Å². The number of ether oxygens (including phenoxy) is 2. The maximum atomic E-state index is 12.8. The van der Waals surface area contributed by atoms with Crippen LogP contribution in [0.1, 0.15) is 115 Å². The molecule has 0 spiro atoms. The summed E-state index contributed by atoms with van der Waals surface area (Å²) in [5.74, 6) is -0.562. The number of piperidine rings is 2. The Kier molecular flexibility index (Phi) is 9.86. The van der Waals surface area contributed by atoms with Gasteiger partial charge in [0, 0.05) is 47.8 Å². The van der Waals surface area contributed by atoms with Gasteiger partial charge in [-0.05, 0) is 92.5 Å². The predicted octanol–water partition coefficient (Wildman–Crippen LogP) is 7.69. The Morgan fingerprint density at radius 3 is 1.13 bits per heavy atom. The van der Waals surface area contributed by atoms with Crippen LogP contribution in [-0.4, -0.2) is 68.6 Å². The second-order valence-electron chi connectivity index (χ2n) is 15.7. The van der Waals surface area contributed by atoms with E-state index in [-0.39, 0.29) is 58.5 Å². The Morgan fingerprint density at radius 2 is 0.848 bits per heavy atom. The molecule has 46 heavy (non-hydrogen) atoms. The number of rotatable bonds is 8. The van der Waals surface area contributed by atoms with Gasteiger partial charge < -0.3 is 9.47 Å². The summed E-state index contributed by atoms with van der Waals surface area (Å²) in [7, 11) is 0. The average molecular weight is 633 g/mol. The molecule has 0 amide bonds. The first-order valence-corrected chi connectivity index (χ1v) is 16.7. The molecule has 1 aliphatic carbocycles.